The van der Waals surface area contributed by atoms with E-state index in [1.165, 1.54) is 49.2 Å². The van der Waals surface area contributed by atoms with E-state index in [4.69, 9.17) is 0 Å². The number of hydrogen-bond acceptors (Lipinski definition) is 2. The largest absolute Gasteiger partial charge is 0.372 e. The minimum atomic E-state index is 0.220. The highest BCUT2D eigenvalue weighted by Crippen LogP contribution is 2.46. The van der Waals surface area contributed by atoms with Crippen molar-refractivity contribution in [3.8, 4) is 0 Å². The summed E-state index contributed by atoms with van der Waals surface area (Å²) in [5.74, 6) is 2.29. The summed E-state index contributed by atoms with van der Waals surface area (Å²) < 4.78 is 0. The van der Waals surface area contributed by atoms with E-state index in [9.17, 15) is 0 Å². The van der Waals surface area contributed by atoms with Gasteiger partial charge >= 0.3 is 0 Å². The summed E-state index contributed by atoms with van der Waals surface area (Å²) in [6.07, 6.45) is 3.88. The second-order valence-electron chi connectivity index (χ2n) is 8.12. The van der Waals surface area contributed by atoms with Crippen molar-refractivity contribution in [3.05, 3.63) is 65.7 Å². The number of rotatable bonds is 6. The van der Waals surface area contributed by atoms with Crippen molar-refractivity contribution in [1.82, 2.24) is 10.6 Å². The molecule has 1 saturated carbocycles. The minimum absolute atomic E-state index is 0.220. The molecule has 28 heavy (non-hydrogen) atoms. The molecule has 2 N–H and O–H groups in total. The molecule has 0 bridgehead atoms. The number of benzene rings is 2. The van der Waals surface area contributed by atoms with Gasteiger partial charge in [0.25, 0.3) is 0 Å². The first kappa shape index (κ1) is 18.9. The Hall–Kier alpha value is -2.49. The standard InChI is InChI=1S/C24H32N4/c1-18(20-11-8-12-22(15-20)28-13-6-7-14-28)27-24(25-2)26-17-21-16-23(21)19-9-4-3-5-10-19/h3-5,8-12,15,18,21,23H,6-7,13-14,16-17H2,1-2H3,(H2,25,26,27). The second-order valence-corrected chi connectivity index (χ2v) is 8.12. The molecule has 3 unspecified atom stereocenters. The molecule has 1 aliphatic heterocycles. The van der Waals surface area contributed by atoms with E-state index in [1.54, 1.807) is 0 Å². The third kappa shape index (κ3) is 4.49. The molecule has 0 radical (unpaired) electrons. The summed E-state index contributed by atoms with van der Waals surface area (Å²) >= 11 is 0. The fraction of sp³-hybridized carbons (Fsp3) is 0.458. The lowest BCUT2D eigenvalue weighted by molar-refractivity contribution is 0.665. The molecule has 0 amide bonds. The number of anilines is 1. The van der Waals surface area contributed by atoms with Crippen LogP contribution in [0.15, 0.2) is 59.6 Å². The molecule has 1 aliphatic carbocycles. The van der Waals surface area contributed by atoms with Crippen LogP contribution in [0.1, 0.15) is 49.3 Å². The van der Waals surface area contributed by atoms with E-state index in [0.29, 0.717) is 11.8 Å². The van der Waals surface area contributed by atoms with Crippen LogP contribution in [0.5, 0.6) is 0 Å². The molecule has 4 nitrogen and oxygen atoms in total. The summed E-state index contributed by atoms with van der Waals surface area (Å²) in [4.78, 5) is 6.92. The lowest BCUT2D eigenvalue weighted by Gasteiger charge is -2.22. The molecule has 4 rings (SSSR count). The number of nitrogens with zero attached hydrogens (tertiary/aromatic N) is 2. The van der Waals surface area contributed by atoms with Gasteiger partial charge in [-0.05, 0) is 61.3 Å². The van der Waals surface area contributed by atoms with Gasteiger partial charge in [0.2, 0.25) is 0 Å². The van der Waals surface area contributed by atoms with E-state index in [2.05, 4.69) is 82.0 Å². The molecule has 3 atom stereocenters. The predicted octanol–water partition coefficient (Wildman–Crippen LogP) is 4.32. The van der Waals surface area contributed by atoms with E-state index >= 15 is 0 Å². The van der Waals surface area contributed by atoms with Crippen molar-refractivity contribution < 1.29 is 0 Å². The maximum Gasteiger partial charge on any atom is 0.191 e. The topological polar surface area (TPSA) is 39.7 Å². The molecule has 2 fully saturated rings. The smallest absolute Gasteiger partial charge is 0.191 e. The Morgan fingerprint density at radius 3 is 2.64 bits per heavy atom. The van der Waals surface area contributed by atoms with Gasteiger partial charge in [-0.2, -0.15) is 0 Å². The SMILES string of the molecule is CN=C(NCC1CC1c1ccccc1)NC(C)c1cccc(N2CCCC2)c1. The molecule has 2 aromatic carbocycles. The second kappa shape index (κ2) is 8.68. The van der Waals surface area contributed by atoms with Crippen LogP contribution >= 0.6 is 0 Å². The van der Waals surface area contributed by atoms with Crippen LogP contribution in [0.25, 0.3) is 0 Å². The Labute approximate surface area is 169 Å². The Morgan fingerprint density at radius 1 is 1.11 bits per heavy atom. The summed E-state index contributed by atoms with van der Waals surface area (Å²) in [6, 6.07) is 20.0. The van der Waals surface area contributed by atoms with E-state index < -0.39 is 0 Å². The summed E-state index contributed by atoms with van der Waals surface area (Å²) in [7, 11) is 1.85. The Bertz CT molecular complexity index is 795. The summed E-state index contributed by atoms with van der Waals surface area (Å²) in [6.45, 7) is 5.54. The van der Waals surface area contributed by atoms with E-state index in [0.717, 1.165) is 12.5 Å². The Kier molecular flexibility index (Phi) is 5.84. The number of guanidine groups is 1. The third-order valence-corrected chi connectivity index (χ3v) is 6.10. The van der Waals surface area contributed by atoms with Crippen LogP contribution in [-0.2, 0) is 0 Å². The van der Waals surface area contributed by atoms with Gasteiger partial charge in [0.15, 0.2) is 5.96 Å². The van der Waals surface area contributed by atoms with Gasteiger partial charge in [-0.25, -0.2) is 0 Å². The first-order valence-corrected chi connectivity index (χ1v) is 10.6. The van der Waals surface area contributed by atoms with Crippen LogP contribution in [0, 0.1) is 5.92 Å². The molecule has 0 aromatic heterocycles. The third-order valence-electron chi connectivity index (χ3n) is 6.10. The van der Waals surface area contributed by atoms with E-state index in [1.807, 2.05) is 7.05 Å². The average Bonchev–Trinajstić information content (AvgIpc) is 3.31. The quantitative estimate of drug-likeness (QED) is 0.583. The van der Waals surface area contributed by atoms with Gasteiger partial charge in [-0.15, -0.1) is 0 Å². The highest BCUT2D eigenvalue weighted by molar-refractivity contribution is 5.80. The zero-order chi connectivity index (χ0) is 19.3. The summed E-state index contributed by atoms with van der Waals surface area (Å²) in [5, 5.41) is 7.09. The molecular formula is C24H32N4. The van der Waals surface area contributed by atoms with Gasteiger partial charge in [0.05, 0.1) is 6.04 Å². The lowest BCUT2D eigenvalue weighted by atomic mass is 10.1. The van der Waals surface area contributed by atoms with Crippen LogP contribution in [0.3, 0.4) is 0 Å². The number of nitrogens with one attached hydrogen (secondary N) is 2. The first-order chi connectivity index (χ1) is 13.7. The van der Waals surface area contributed by atoms with Crippen molar-refractivity contribution in [1.29, 1.82) is 0 Å². The maximum atomic E-state index is 4.43. The van der Waals surface area contributed by atoms with Crippen LogP contribution in [0.4, 0.5) is 5.69 Å². The number of aliphatic imine (C=N–C) groups is 1. The molecule has 2 aromatic rings. The zero-order valence-corrected chi connectivity index (χ0v) is 17.1. The van der Waals surface area contributed by atoms with Gasteiger partial charge in [-0.1, -0.05) is 42.5 Å². The lowest BCUT2D eigenvalue weighted by Crippen LogP contribution is -2.39. The van der Waals surface area contributed by atoms with Crippen molar-refractivity contribution >= 4 is 11.6 Å². The molecule has 1 heterocycles. The van der Waals surface area contributed by atoms with Crippen LogP contribution < -0.4 is 15.5 Å². The Balaban J connectivity index is 1.30. The van der Waals surface area contributed by atoms with E-state index in [-0.39, 0.29) is 6.04 Å². The van der Waals surface area contributed by atoms with Crippen LogP contribution in [-0.4, -0.2) is 32.6 Å². The van der Waals surface area contributed by atoms with Crippen molar-refractivity contribution in [2.75, 3.05) is 31.6 Å². The average molecular weight is 377 g/mol. The zero-order valence-electron chi connectivity index (χ0n) is 17.1. The molecule has 1 saturated heterocycles. The first-order valence-electron chi connectivity index (χ1n) is 10.6. The molecular weight excluding hydrogens is 344 g/mol. The highest BCUT2D eigenvalue weighted by atomic mass is 15.2. The van der Waals surface area contributed by atoms with Crippen molar-refractivity contribution in [3.63, 3.8) is 0 Å². The molecule has 0 spiro atoms. The van der Waals surface area contributed by atoms with Gasteiger partial charge in [0, 0.05) is 32.4 Å². The fourth-order valence-electron chi connectivity index (χ4n) is 4.26. The van der Waals surface area contributed by atoms with Crippen molar-refractivity contribution in [2.24, 2.45) is 10.9 Å². The monoisotopic (exact) mass is 376 g/mol. The Morgan fingerprint density at radius 2 is 1.89 bits per heavy atom. The predicted molar refractivity (Wildman–Crippen MR) is 118 cm³/mol. The molecule has 2 aliphatic rings. The van der Waals surface area contributed by atoms with Crippen molar-refractivity contribution in [2.45, 2.75) is 38.1 Å². The van der Waals surface area contributed by atoms with Gasteiger partial charge in [0.1, 0.15) is 0 Å². The molecule has 4 heteroatoms. The summed E-state index contributed by atoms with van der Waals surface area (Å²) in [5.41, 5.74) is 4.11. The van der Waals surface area contributed by atoms with Crippen LogP contribution in [0.2, 0.25) is 0 Å². The maximum absolute atomic E-state index is 4.43. The molecule has 148 valence electrons. The van der Waals surface area contributed by atoms with Gasteiger partial charge in [-0.3, -0.25) is 4.99 Å². The highest BCUT2D eigenvalue weighted by Gasteiger charge is 2.37. The normalized spacial score (nSPS) is 22.8. The minimum Gasteiger partial charge on any atom is -0.372 e. The number of hydrogen-bond donors (Lipinski definition) is 2. The van der Waals surface area contributed by atoms with Gasteiger partial charge < -0.3 is 15.5 Å². The fourth-order valence-corrected chi connectivity index (χ4v) is 4.26.